The van der Waals surface area contributed by atoms with E-state index < -0.39 is 0 Å². The largest absolute Gasteiger partial charge is 0.380 e. The van der Waals surface area contributed by atoms with Gasteiger partial charge in [0.15, 0.2) is 4.77 Å². The van der Waals surface area contributed by atoms with Crippen molar-refractivity contribution in [3.05, 3.63) is 28.5 Å². The Labute approximate surface area is 124 Å². The third-order valence-corrected chi connectivity index (χ3v) is 3.74. The van der Waals surface area contributed by atoms with Gasteiger partial charge in [-0.3, -0.25) is 0 Å². The number of hydrogen-bond acceptors (Lipinski definition) is 3. The van der Waals surface area contributed by atoms with Gasteiger partial charge in [0.05, 0.1) is 35.3 Å². The van der Waals surface area contributed by atoms with Crippen LogP contribution in [0.5, 0.6) is 0 Å². The zero-order chi connectivity index (χ0) is 14.7. The second-order valence-electron chi connectivity index (χ2n) is 5.11. The lowest BCUT2D eigenvalue weighted by Crippen LogP contribution is -2.21. The van der Waals surface area contributed by atoms with E-state index in [0.29, 0.717) is 29.5 Å². The molecule has 0 saturated carbocycles. The molecule has 1 heterocycles. The molecule has 4 nitrogen and oxygen atoms in total. The fourth-order valence-corrected chi connectivity index (χ4v) is 2.67. The molecule has 5 heteroatoms. The summed E-state index contributed by atoms with van der Waals surface area (Å²) in [6, 6.07) is 7.91. The summed E-state index contributed by atoms with van der Waals surface area (Å²) < 4.78 is 8.34. The van der Waals surface area contributed by atoms with Crippen LogP contribution >= 0.6 is 12.2 Å². The fraction of sp³-hybridized carbons (Fsp3) is 0.467. The normalized spacial score (nSPS) is 12.8. The number of rotatable bonds is 5. The van der Waals surface area contributed by atoms with Gasteiger partial charge < -0.3 is 14.3 Å². The van der Waals surface area contributed by atoms with Gasteiger partial charge >= 0.3 is 0 Å². The lowest BCUT2D eigenvalue weighted by Gasteiger charge is -2.23. The molecule has 1 unspecified atom stereocenters. The molecule has 1 aromatic carbocycles. The summed E-state index contributed by atoms with van der Waals surface area (Å²) in [6.07, 6.45) is 0. The van der Waals surface area contributed by atoms with Gasteiger partial charge in [0.2, 0.25) is 0 Å². The van der Waals surface area contributed by atoms with E-state index in [1.807, 2.05) is 19.1 Å². The minimum Gasteiger partial charge on any atom is -0.380 e. The average Bonchev–Trinajstić information content (AvgIpc) is 2.74. The van der Waals surface area contributed by atoms with Crippen LogP contribution in [0, 0.1) is 22.0 Å². The molecule has 1 N–H and O–H groups in total. The number of nitriles is 1. The van der Waals surface area contributed by atoms with Crippen LogP contribution in [-0.2, 0) is 4.74 Å². The van der Waals surface area contributed by atoms with Gasteiger partial charge in [-0.2, -0.15) is 5.26 Å². The monoisotopic (exact) mass is 289 g/mol. The number of benzene rings is 1. The number of nitrogens with zero attached hydrogens (tertiary/aromatic N) is 2. The molecule has 20 heavy (non-hydrogen) atoms. The lowest BCUT2D eigenvalue weighted by molar-refractivity contribution is 0.0974. The van der Waals surface area contributed by atoms with Crippen LogP contribution < -0.4 is 0 Å². The molecule has 1 aromatic heterocycles. The van der Waals surface area contributed by atoms with Crippen LogP contribution in [0.4, 0.5) is 0 Å². The second kappa shape index (κ2) is 6.21. The van der Waals surface area contributed by atoms with Gasteiger partial charge in [0.25, 0.3) is 0 Å². The highest BCUT2D eigenvalue weighted by Crippen LogP contribution is 2.25. The first-order valence-electron chi connectivity index (χ1n) is 6.80. The molecular formula is C15H19N3OS. The van der Waals surface area contributed by atoms with E-state index in [1.165, 1.54) is 0 Å². The van der Waals surface area contributed by atoms with Crippen molar-refractivity contribution in [3.63, 3.8) is 0 Å². The minimum absolute atomic E-state index is 0.158. The molecule has 0 saturated heterocycles. The summed E-state index contributed by atoms with van der Waals surface area (Å²) in [5, 5.41) is 9.06. The van der Waals surface area contributed by atoms with E-state index in [1.54, 1.807) is 6.07 Å². The smallest absolute Gasteiger partial charge is 0.178 e. The van der Waals surface area contributed by atoms with E-state index in [2.05, 4.69) is 29.5 Å². The Bertz CT molecular complexity index is 693. The zero-order valence-electron chi connectivity index (χ0n) is 12.0. The first-order chi connectivity index (χ1) is 9.58. The molecule has 0 spiro atoms. The van der Waals surface area contributed by atoms with Crippen LogP contribution in [0.3, 0.4) is 0 Å². The van der Waals surface area contributed by atoms with Gasteiger partial charge in [-0.25, -0.2) is 0 Å². The Morgan fingerprint density at radius 1 is 1.45 bits per heavy atom. The SMILES string of the molecule is CCOCC(C(C)C)n1c(=S)[nH]c2ccc(C#N)cc21. The summed E-state index contributed by atoms with van der Waals surface area (Å²) in [7, 11) is 0. The van der Waals surface area contributed by atoms with E-state index in [-0.39, 0.29) is 6.04 Å². The first kappa shape index (κ1) is 14.8. The number of nitrogens with one attached hydrogen (secondary N) is 1. The predicted molar refractivity (Wildman–Crippen MR) is 82.2 cm³/mol. The van der Waals surface area contributed by atoms with E-state index in [9.17, 15) is 0 Å². The molecular weight excluding hydrogens is 270 g/mol. The number of H-pyrrole nitrogens is 1. The maximum atomic E-state index is 9.06. The van der Waals surface area contributed by atoms with Gasteiger partial charge in [0.1, 0.15) is 0 Å². The number of hydrogen-bond donors (Lipinski definition) is 1. The third-order valence-electron chi connectivity index (χ3n) is 3.44. The second-order valence-corrected chi connectivity index (χ2v) is 5.50. The van der Waals surface area contributed by atoms with Gasteiger partial charge in [-0.05, 0) is 43.3 Å². The Hall–Kier alpha value is -1.64. The van der Waals surface area contributed by atoms with Crippen molar-refractivity contribution in [1.82, 2.24) is 9.55 Å². The molecule has 0 bridgehead atoms. The standard InChI is InChI=1S/C15H19N3OS/c1-4-19-9-14(10(2)3)18-13-7-11(8-16)5-6-12(13)17-15(18)20/h5-7,10,14H,4,9H2,1-3H3,(H,17,20). The third kappa shape index (κ3) is 2.77. The van der Waals surface area contributed by atoms with Crippen LogP contribution in [0.25, 0.3) is 11.0 Å². The summed E-state index contributed by atoms with van der Waals surface area (Å²) in [5.74, 6) is 0.387. The van der Waals surface area contributed by atoms with Crippen molar-refractivity contribution in [2.24, 2.45) is 5.92 Å². The molecule has 0 fully saturated rings. The molecule has 0 aliphatic carbocycles. The molecule has 0 aliphatic rings. The van der Waals surface area contributed by atoms with Crippen LogP contribution in [-0.4, -0.2) is 22.8 Å². The van der Waals surface area contributed by atoms with E-state index >= 15 is 0 Å². The summed E-state index contributed by atoms with van der Waals surface area (Å²) >= 11 is 5.45. The van der Waals surface area contributed by atoms with Crippen molar-refractivity contribution >= 4 is 23.3 Å². The van der Waals surface area contributed by atoms with Crippen LogP contribution in [0.2, 0.25) is 0 Å². The Morgan fingerprint density at radius 2 is 2.20 bits per heavy atom. The highest BCUT2D eigenvalue weighted by atomic mass is 32.1. The molecule has 0 radical (unpaired) electrons. The topological polar surface area (TPSA) is 53.7 Å². The quantitative estimate of drug-likeness (QED) is 0.852. The van der Waals surface area contributed by atoms with E-state index in [4.69, 9.17) is 22.2 Å². The highest BCUT2D eigenvalue weighted by molar-refractivity contribution is 7.71. The van der Waals surface area contributed by atoms with Crippen molar-refractivity contribution in [3.8, 4) is 6.07 Å². The first-order valence-corrected chi connectivity index (χ1v) is 7.21. The van der Waals surface area contributed by atoms with Crippen molar-refractivity contribution in [2.45, 2.75) is 26.8 Å². The number of imidazole rings is 1. The Kier molecular flexibility index (Phi) is 4.58. The van der Waals surface area contributed by atoms with Gasteiger partial charge in [-0.1, -0.05) is 13.8 Å². The maximum Gasteiger partial charge on any atom is 0.178 e. The molecule has 2 aromatic rings. The fourth-order valence-electron chi connectivity index (χ4n) is 2.32. The van der Waals surface area contributed by atoms with Crippen molar-refractivity contribution in [2.75, 3.05) is 13.2 Å². The van der Waals surface area contributed by atoms with Crippen molar-refractivity contribution < 1.29 is 4.74 Å². The van der Waals surface area contributed by atoms with Gasteiger partial charge in [-0.15, -0.1) is 0 Å². The molecule has 2 rings (SSSR count). The molecule has 0 aliphatic heterocycles. The lowest BCUT2D eigenvalue weighted by atomic mass is 10.0. The Morgan fingerprint density at radius 3 is 2.80 bits per heavy atom. The number of aromatic amines is 1. The molecule has 106 valence electrons. The van der Waals surface area contributed by atoms with Gasteiger partial charge in [0, 0.05) is 6.61 Å². The summed E-state index contributed by atoms with van der Waals surface area (Å²) in [6.45, 7) is 7.59. The van der Waals surface area contributed by atoms with Crippen LogP contribution in [0.1, 0.15) is 32.4 Å². The maximum absolute atomic E-state index is 9.06. The molecule has 0 amide bonds. The average molecular weight is 289 g/mol. The van der Waals surface area contributed by atoms with E-state index in [0.717, 1.165) is 11.0 Å². The Balaban J connectivity index is 2.58. The zero-order valence-corrected chi connectivity index (χ0v) is 12.8. The number of ether oxygens (including phenoxy) is 1. The van der Waals surface area contributed by atoms with Crippen molar-refractivity contribution in [1.29, 1.82) is 5.26 Å². The number of fused-ring (bicyclic) bond motifs is 1. The predicted octanol–water partition coefficient (Wildman–Crippen LogP) is 3.80. The summed E-state index contributed by atoms with van der Waals surface area (Å²) in [4.78, 5) is 3.20. The number of aromatic nitrogens is 2. The minimum atomic E-state index is 0.158. The highest BCUT2D eigenvalue weighted by Gasteiger charge is 2.19. The summed E-state index contributed by atoms with van der Waals surface area (Å²) in [5.41, 5.74) is 2.56. The van der Waals surface area contributed by atoms with Crippen LogP contribution in [0.15, 0.2) is 18.2 Å². The molecule has 1 atom stereocenters.